The second-order valence-corrected chi connectivity index (χ2v) is 16.3. The summed E-state index contributed by atoms with van der Waals surface area (Å²) in [6.07, 6.45) is 68.1. The first kappa shape index (κ1) is 59.1. The summed E-state index contributed by atoms with van der Waals surface area (Å²) in [6, 6.07) is 0. The van der Waals surface area contributed by atoms with Crippen molar-refractivity contribution in [2.45, 2.75) is 219 Å². The van der Waals surface area contributed by atoms with E-state index < -0.39 is 12.1 Å². The molecule has 6 heteroatoms. The summed E-state index contributed by atoms with van der Waals surface area (Å²) in [5.41, 5.74) is 0. The fourth-order valence-corrected chi connectivity index (χ4v) is 6.45. The fraction of sp³-hybridized carbons (Fsp3) is 0.632. The van der Waals surface area contributed by atoms with Crippen molar-refractivity contribution in [3.8, 4) is 0 Å². The minimum atomic E-state index is -0.845. The molecule has 6 nitrogen and oxygen atoms in total. The smallest absolute Gasteiger partial charge is 0.306 e. The van der Waals surface area contributed by atoms with Gasteiger partial charge in [0, 0.05) is 19.3 Å². The van der Waals surface area contributed by atoms with Gasteiger partial charge in [0.25, 0.3) is 0 Å². The van der Waals surface area contributed by atoms with Gasteiger partial charge in [-0.25, -0.2) is 0 Å². The Morgan fingerprint density at radius 1 is 0.333 bits per heavy atom. The van der Waals surface area contributed by atoms with Crippen LogP contribution in [-0.4, -0.2) is 37.2 Å². The van der Waals surface area contributed by atoms with Gasteiger partial charge < -0.3 is 14.2 Å². The molecule has 1 unspecified atom stereocenters. The van der Waals surface area contributed by atoms with E-state index in [1.165, 1.54) is 77.0 Å². The van der Waals surface area contributed by atoms with Crippen LogP contribution >= 0.6 is 0 Å². The van der Waals surface area contributed by atoms with E-state index in [4.69, 9.17) is 14.2 Å². The number of ether oxygens (including phenoxy) is 3. The van der Waals surface area contributed by atoms with E-state index >= 15 is 0 Å². The molecule has 0 saturated heterocycles. The molecule has 63 heavy (non-hydrogen) atoms. The molecule has 0 aromatic rings. The Morgan fingerprint density at radius 2 is 0.651 bits per heavy atom. The Balaban J connectivity index is 4.57. The first-order valence-electron chi connectivity index (χ1n) is 25.4. The highest BCUT2D eigenvalue weighted by molar-refractivity contribution is 5.71. The minimum Gasteiger partial charge on any atom is -0.462 e. The van der Waals surface area contributed by atoms with Crippen molar-refractivity contribution < 1.29 is 28.6 Å². The van der Waals surface area contributed by atoms with Crippen molar-refractivity contribution in [1.29, 1.82) is 0 Å². The van der Waals surface area contributed by atoms with Gasteiger partial charge in [0.1, 0.15) is 13.2 Å². The summed E-state index contributed by atoms with van der Waals surface area (Å²) >= 11 is 0. The standard InChI is InChI=1S/C57H92O6/c1-4-7-10-13-16-19-22-25-26-27-28-29-30-33-35-38-41-44-47-50-56(59)62-53-54(63-57(60)51-48-45-42-39-36-32-24-21-18-15-12-9-6-3)52-61-55(58)49-46-43-40-37-34-31-23-20-17-14-11-8-5-2/h7,10,16,19,25-26,28-29,31-36,40,42-43,45,54H,4-6,8-9,11-15,17-18,20-24,27,30,37-39,41,44,46-53H2,1-3H3/b10-7+,19-16+,26-25+,29-28+,34-31+,35-33+,36-32+,43-40+,45-42+. The monoisotopic (exact) mass is 873 g/mol. The lowest BCUT2D eigenvalue weighted by molar-refractivity contribution is -0.166. The van der Waals surface area contributed by atoms with E-state index in [9.17, 15) is 14.4 Å². The molecule has 0 saturated carbocycles. The minimum absolute atomic E-state index is 0.137. The van der Waals surface area contributed by atoms with Crippen LogP contribution in [0.4, 0.5) is 0 Å². The van der Waals surface area contributed by atoms with Crippen LogP contribution < -0.4 is 0 Å². The molecule has 0 radical (unpaired) electrons. The van der Waals surface area contributed by atoms with E-state index in [0.29, 0.717) is 19.3 Å². The molecule has 0 fully saturated rings. The molecular weight excluding hydrogens is 781 g/mol. The molecule has 0 rings (SSSR count). The van der Waals surface area contributed by atoms with Crippen molar-refractivity contribution in [3.05, 3.63) is 109 Å². The second kappa shape index (κ2) is 50.7. The van der Waals surface area contributed by atoms with Gasteiger partial charge in [0.15, 0.2) is 6.10 Å². The summed E-state index contributed by atoms with van der Waals surface area (Å²) in [6.45, 7) is 6.35. The highest BCUT2D eigenvalue weighted by atomic mass is 16.6. The predicted octanol–water partition coefficient (Wildman–Crippen LogP) is 16.8. The van der Waals surface area contributed by atoms with Gasteiger partial charge in [-0.3, -0.25) is 14.4 Å². The zero-order valence-electron chi connectivity index (χ0n) is 40.5. The van der Waals surface area contributed by atoms with Gasteiger partial charge in [-0.05, 0) is 103 Å². The lowest BCUT2D eigenvalue weighted by atomic mass is 10.1. The molecule has 0 spiro atoms. The molecule has 0 bridgehead atoms. The highest BCUT2D eigenvalue weighted by Crippen LogP contribution is 2.11. The van der Waals surface area contributed by atoms with Crippen LogP contribution in [0.15, 0.2) is 109 Å². The summed E-state index contributed by atoms with van der Waals surface area (Å²) in [4.78, 5) is 37.8. The molecule has 0 aliphatic carbocycles. The number of carbonyl (C=O) groups is 3. The van der Waals surface area contributed by atoms with Gasteiger partial charge in [-0.1, -0.05) is 201 Å². The van der Waals surface area contributed by atoms with Crippen molar-refractivity contribution >= 4 is 17.9 Å². The number of hydrogen-bond acceptors (Lipinski definition) is 6. The van der Waals surface area contributed by atoms with E-state index in [1.807, 2.05) is 12.2 Å². The quantitative estimate of drug-likeness (QED) is 0.0263. The summed E-state index contributed by atoms with van der Waals surface area (Å²) in [5.74, 6) is -1.11. The van der Waals surface area contributed by atoms with Crippen LogP contribution in [-0.2, 0) is 28.6 Å². The van der Waals surface area contributed by atoms with Gasteiger partial charge >= 0.3 is 17.9 Å². The number of rotatable bonds is 44. The molecule has 356 valence electrons. The average Bonchev–Trinajstić information content (AvgIpc) is 3.28. The van der Waals surface area contributed by atoms with Crippen LogP contribution in [0, 0.1) is 0 Å². The van der Waals surface area contributed by atoms with E-state index in [1.54, 1.807) is 0 Å². The van der Waals surface area contributed by atoms with E-state index in [0.717, 1.165) is 83.5 Å². The Kier molecular flexibility index (Phi) is 47.5. The van der Waals surface area contributed by atoms with Gasteiger partial charge in [-0.2, -0.15) is 0 Å². The van der Waals surface area contributed by atoms with Crippen LogP contribution in [0.1, 0.15) is 213 Å². The summed E-state index contributed by atoms with van der Waals surface area (Å²) < 4.78 is 16.6. The van der Waals surface area contributed by atoms with E-state index in [-0.39, 0.29) is 38.0 Å². The Hall–Kier alpha value is -3.93. The molecule has 0 aliphatic heterocycles. The SMILES string of the molecule is CC/C=C/C/C=C/C/C=C/C/C=C/C/C=C/CCCCCC(=O)OCC(COC(=O)CC/C=C/C/C=C/CCCCCCCC)OC(=O)CC/C=C/C/C=C/CCCCCCCC. The first-order valence-corrected chi connectivity index (χ1v) is 25.4. The molecular formula is C57H92O6. The van der Waals surface area contributed by atoms with Gasteiger partial charge in [0.2, 0.25) is 0 Å². The maximum absolute atomic E-state index is 12.7. The summed E-state index contributed by atoms with van der Waals surface area (Å²) in [7, 11) is 0. The first-order chi connectivity index (χ1) is 31.0. The van der Waals surface area contributed by atoms with Crippen molar-refractivity contribution in [2.24, 2.45) is 0 Å². The van der Waals surface area contributed by atoms with E-state index in [2.05, 4.69) is 118 Å². The molecule has 0 heterocycles. The average molecular weight is 873 g/mol. The lowest BCUT2D eigenvalue weighted by Crippen LogP contribution is -2.30. The second-order valence-electron chi connectivity index (χ2n) is 16.3. The lowest BCUT2D eigenvalue weighted by Gasteiger charge is -2.18. The molecule has 0 aromatic heterocycles. The van der Waals surface area contributed by atoms with Gasteiger partial charge in [0.05, 0.1) is 0 Å². The number of unbranched alkanes of at least 4 members (excludes halogenated alkanes) is 15. The Morgan fingerprint density at radius 3 is 1.06 bits per heavy atom. The molecule has 0 aromatic carbocycles. The molecule has 0 amide bonds. The largest absolute Gasteiger partial charge is 0.462 e. The molecule has 1 atom stereocenters. The van der Waals surface area contributed by atoms with Crippen LogP contribution in [0.25, 0.3) is 0 Å². The Bertz CT molecular complexity index is 1330. The number of hydrogen-bond donors (Lipinski definition) is 0. The molecule has 0 N–H and O–H groups in total. The highest BCUT2D eigenvalue weighted by Gasteiger charge is 2.19. The van der Waals surface area contributed by atoms with Crippen molar-refractivity contribution in [2.75, 3.05) is 13.2 Å². The third-order valence-electron chi connectivity index (χ3n) is 10.3. The van der Waals surface area contributed by atoms with Crippen molar-refractivity contribution in [3.63, 3.8) is 0 Å². The maximum Gasteiger partial charge on any atom is 0.306 e. The number of esters is 3. The fourth-order valence-electron chi connectivity index (χ4n) is 6.45. The normalized spacial score (nSPS) is 13.0. The topological polar surface area (TPSA) is 78.9 Å². The van der Waals surface area contributed by atoms with Gasteiger partial charge in [-0.15, -0.1) is 0 Å². The van der Waals surface area contributed by atoms with Crippen LogP contribution in [0.5, 0.6) is 0 Å². The third kappa shape index (κ3) is 49.0. The summed E-state index contributed by atoms with van der Waals surface area (Å²) in [5, 5.41) is 0. The number of allylic oxidation sites excluding steroid dienone is 18. The molecule has 0 aliphatic rings. The third-order valence-corrected chi connectivity index (χ3v) is 10.3. The van der Waals surface area contributed by atoms with Crippen molar-refractivity contribution in [1.82, 2.24) is 0 Å². The Labute approximate surface area is 387 Å². The zero-order chi connectivity index (χ0) is 45.8. The van der Waals surface area contributed by atoms with Crippen LogP contribution in [0.3, 0.4) is 0 Å². The predicted molar refractivity (Wildman–Crippen MR) is 270 cm³/mol. The maximum atomic E-state index is 12.7. The van der Waals surface area contributed by atoms with Crippen LogP contribution in [0.2, 0.25) is 0 Å². The zero-order valence-corrected chi connectivity index (χ0v) is 40.5. The number of carbonyl (C=O) groups excluding carboxylic acids is 3.